The number of carbonyl (C=O) groups excluding carboxylic acids is 1. The summed E-state index contributed by atoms with van der Waals surface area (Å²) in [6.45, 7) is 1.45. The van der Waals surface area contributed by atoms with Gasteiger partial charge >= 0.3 is 0 Å². The smallest absolute Gasteiger partial charge is 0.223 e. The summed E-state index contributed by atoms with van der Waals surface area (Å²) in [5, 5.41) is 13.2. The van der Waals surface area contributed by atoms with Crippen LogP contribution >= 0.6 is 0 Å². The summed E-state index contributed by atoms with van der Waals surface area (Å²) in [6, 6.07) is 14.6. The second-order valence-electron chi connectivity index (χ2n) is 7.66. The van der Waals surface area contributed by atoms with Crippen LogP contribution in [-0.4, -0.2) is 46.1 Å². The highest BCUT2D eigenvalue weighted by Crippen LogP contribution is 2.41. The number of pyridine rings is 1. The lowest BCUT2D eigenvalue weighted by molar-refractivity contribution is -0.128. The van der Waals surface area contributed by atoms with Crippen LogP contribution in [0.4, 0.5) is 0 Å². The summed E-state index contributed by atoms with van der Waals surface area (Å²) in [7, 11) is 0. The Labute approximate surface area is 160 Å². The van der Waals surface area contributed by atoms with Crippen molar-refractivity contribution >= 4 is 5.91 Å². The zero-order valence-corrected chi connectivity index (χ0v) is 15.5. The normalized spacial score (nSPS) is 25.4. The molecule has 2 fully saturated rings. The second-order valence-corrected chi connectivity index (χ2v) is 7.66. The van der Waals surface area contributed by atoms with E-state index in [1.165, 1.54) is 5.56 Å². The van der Waals surface area contributed by atoms with Crippen LogP contribution in [0.3, 0.4) is 0 Å². The van der Waals surface area contributed by atoms with Gasteiger partial charge in [-0.25, -0.2) is 0 Å². The van der Waals surface area contributed by atoms with E-state index in [1.54, 1.807) is 6.20 Å². The van der Waals surface area contributed by atoms with Crippen molar-refractivity contribution in [2.75, 3.05) is 13.2 Å². The van der Waals surface area contributed by atoms with E-state index in [-0.39, 0.29) is 36.4 Å². The topological polar surface area (TPSA) is 65.5 Å². The molecular formula is C22H27N3O2. The molecule has 1 aliphatic carbocycles. The van der Waals surface area contributed by atoms with E-state index in [0.29, 0.717) is 6.54 Å². The second kappa shape index (κ2) is 8.19. The predicted molar refractivity (Wildman–Crippen MR) is 104 cm³/mol. The molecule has 1 aliphatic heterocycles. The summed E-state index contributed by atoms with van der Waals surface area (Å²) < 4.78 is 0. The van der Waals surface area contributed by atoms with Crippen molar-refractivity contribution in [2.24, 2.45) is 5.92 Å². The number of carbonyl (C=O) groups is 1. The van der Waals surface area contributed by atoms with Gasteiger partial charge in [-0.15, -0.1) is 0 Å². The highest BCUT2D eigenvalue weighted by atomic mass is 16.3. The average molecular weight is 365 g/mol. The van der Waals surface area contributed by atoms with Gasteiger partial charge in [0.15, 0.2) is 0 Å². The van der Waals surface area contributed by atoms with E-state index in [0.717, 1.165) is 31.4 Å². The minimum Gasteiger partial charge on any atom is -0.395 e. The molecule has 1 aromatic carbocycles. The Kier molecular flexibility index (Phi) is 5.50. The highest BCUT2D eigenvalue weighted by Gasteiger charge is 2.48. The lowest BCUT2D eigenvalue weighted by Crippen LogP contribution is -2.66. The first-order valence-corrected chi connectivity index (χ1v) is 9.86. The number of amides is 1. The molecule has 0 bridgehead atoms. The van der Waals surface area contributed by atoms with Crippen LogP contribution in [0.2, 0.25) is 0 Å². The lowest BCUT2D eigenvalue weighted by atomic mass is 9.74. The molecule has 2 heterocycles. The number of hydrogen-bond donors (Lipinski definition) is 2. The van der Waals surface area contributed by atoms with Crippen molar-refractivity contribution < 1.29 is 9.90 Å². The van der Waals surface area contributed by atoms with Crippen molar-refractivity contribution in [3.8, 4) is 0 Å². The van der Waals surface area contributed by atoms with Gasteiger partial charge in [-0.05, 0) is 30.0 Å². The summed E-state index contributed by atoms with van der Waals surface area (Å²) in [6.07, 6.45) is 6.82. The Morgan fingerprint density at radius 1 is 1.15 bits per heavy atom. The predicted octanol–water partition coefficient (Wildman–Crippen LogP) is 2.33. The third-order valence-electron chi connectivity index (χ3n) is 6.10. The van der Waals surface area contributed by atoms with Crippen molar-refractivity contribution in [1.82, 2.24) is 15.2 Å². The minimum atomic E-state index is 0.0539. The third-order valence-corrected chi connectivity index (χ3v) is 6.10. The van der Waals surface area contributed by atoms with Crippen LogP contribution in [0, 0.1) is 5.92 Å². The first kappa shape index (κ1) is 18.1. The van der Waals surface area contributed by atoms with Gasteiger partial charge in [-0.2, -0.15) is 0 Å². The van der Waals surface area contributed by atoms with Gasteiger partial charge in [0.2, 0.25) is 5.91 Å². The molecule has 3 atom stereocenters. The molecule has 1 amide bonds. The van der Waals surface area contributed by atoms with Gasteiger partial charge in [0.1, 0.15) is 0 Å². The monoisotopic (exact) mass is 365 g/mol. The quantitative estimate of drug-likeness (QED) is 0.790. The maximum absolute atomic E-state index is 12.3. The van der Waals surface area contributed by atoms with E-state index in [4.69, 9.17) is 0 Å². The Hall–Kier alpha value is -2.24. The number of aliphatic hydroxyl groups is 1. The van der Waals surface area contributed by atoms with Gasteiger partial charge < -0.3 is 10.4 Å². The number of rotatable bonds is 7. The first-order valence-electron chi connectivity index (χ1n) is 9.86. The SMILES string of the molecule is O=C(NC[C@H]1[C@@H](c2ccccc2)[C@@H](CO)N1Cc1cccnc1)C1CCC1. The van der Waals surface area contributed by atoms with Gasteiger partial charge in [0.25, 0.3) is 0 Å². The Bertz CT molecular complexity index is 749. The van der Waals surface area contributed by atoms with E-state index in [2.05, 4.69) is 33.4 Å². The lowest BCUT2D eigenvalue weighted by Gasteiger charge is -2.55. The molecular weight excluding hydrogens is 338 g/mol. The molecule has 1 aromatic heterocycles. The molecule has 5 nitrogen and oxygen atoms in total. The maximum Gasteiger partial charge on any atom is 0.223 e. The molecule has 1 saturated carbocycles. The molecule has 1 saturated heterocycles. The molecule has 2 aliphatic rings. The number of aliphatic hydroxyl groups excluding tert-OH is 1. The molecule has 5 heteroatoms. The van der Waals surface area contributed by atoms with E-state index < -0.39 is 0 Å². The molecule has 2 N–H and O–H groups in total. The Morgan fingerprint density at radius 2 is 1.96 bits per heavy atom. The zero-order chi connectivity index (χ0) is 18.6. The van der Waals surface area contributed by atoms with Crippen molar-refractivity contribution in [3.05, 3.63) is 66.0 Å². The fraction of sp³-hybridized carbons (Fsp3) is 0.455. The maximum atomic E-state index is 12.3. The molecule has 142 valence electrons. The average Bonchev–Trinajstić information content (AvgIpc) is 2.65. The van der Waals surface area contributed by atoms with Gasteiger partial charge in [-0.1, -0.05) is 42.8 Å². The number of aromatic nitrogens is 1. The van der Waals surface area contributed by atoms with E-state index in [1.807, 2.05) is 30.5 Å². The number of nitrogens with zero attached hydrogens (tertiary/aromatic N) is 2. The fourth-order valence-electron chi connectivity index (χ4n) is 4.35. The summed E-state index contributed by atoms with van der Waals surface area (Å²) in [5.41, 5.74) is 2.35. The fourth-order valence-corrected chi connectivity index (χ4v) is 4.35. The van der Waals surface area contributed by atoms with Crippen LogP contribution in [0.15, 0.2) is 54.9 Å². The zero-order valence-electron chi connectivity index (χ0n) is 15.5. The molecule has 2 aromatic rings. The number of hydrogen-bond acceptors (Lipinski definition) is 4. The number of likely N-dealkylation sites (tertiary alicyclic amines) is 1. The van der Waals surface area contributed by atoms with Crippen LogP contribution in [0.25, 0.3) is 0 Å². The Balaban J connectivity index is 1.51. The minimum absolute atomic E-state index is 0.0539. The van der Waals surface area contributed by atoms with Crippen molar-refractivity contribution in [2.45, 2.75) is 43.8 Å². The van der Waals surface area contributed by atoms with Crippen LogP contribution < -0.4 is 5.32 Å². The summed E-state index contributed by atoms with van der Waals surface area (Å²) in [4.78, 5) is 18.8. The van der Waals surface area contributed by atoms with Crippen molar-refractivity contribution in [1.29, 1.82) is 0 Å². The van der Waals surface area contributed by atoms with Crippen LogP contribution in [-0.2, 0) is 11.3 Å². The third kappa shape index (κ3) is 3.75. The van der Waals surface area contributed by atoms with Crippen LogP contribution in [0.1, 0.15) is 36.3 Å². The molecule has 0 radical (unpaired) electrons. The standard InChI is InChI=1S/C22H27N3O2/c26-15-20-21(17-7-2-1-3-8-17)19(13-24-22(27)18-9-4-10-18)25(20)14-16-6-5-11-23-12-16/h1-3,5-8,11-12,18-21,26H,4,9-10,13-15H2,(H,24,27)/t19-,20+,21+/m0/s1. The largest absolute Gasteiger partial charge is 0.395 e. The highest BCUT2D eigenvalue weighted by molar-refractivity contribution is 5.79. The van der Waals surface area contributed by atoms with E-state index in [9.17, 15) is 9.90 Å². The molecule has 0 spiro atoms. The van der Waals surface area contributed by atoms with E-state index >= 15 is 0 Å². The molecule has 0 unspecified atom stereocenters. The first-order chi connectivity index (χ1) is 13.3. The summed E-state index contributed by atoms with van der Waals surface area (Å²) in [5.74, 6) is 0.595. The number of nitrogens with one attached hydrogen (secondary N) is 1. The van der Waals surface area contributed by atoms with Gasteiger partial charge in [-0.3, -0.25) is 14.7 Å². The van der Waals surface area contributed by atoms with Crippen molar-refractivity contribution in [3.63, 3.8) is 0 Å². The van der Waals surface area contributed by atoms with Gasteiger partial charge in [0, 0.05) is 49.4 Å². The Morgan fingerprint density at radius 3 is 2.59 bits per heavy atom. The number of benzene rings is 1. The molecule has 4 rings (SSSR count). The van der Waals surface area contributed by atoms with Gasteiger partial charge in [0.05, 0.1) is 6.61 Å². The van der Waals surface area contributed by atoms with Crippen LogP contribution in [0.5, 0.6) is 0 Å². The molecule has 27 heavy (non-hydrogen) atoms. The summed E-state index contributed by atoms with van der Waals surface area (Å²) >= 11 is 0.